The number of primary amides is 1. The van der Waals surface area contributed by atoms with Crippen LogP contribution in [0, 0.1) is 11.8 Å². The Bertz CT molecular complexity index is 881. The van der Waals surface area contributed by atoms with Gasteiger partial charge in [-0.3, -0.25) is 9.59 Å². The Labute approximate surface area is 148 Å². The molecule has 7 heteroatoms. The molecule has 0 bridgehead atoms. The van der Waals surface area contributed by atoms with E-state index in [-0.39, 0.29) is 17.7 Å². The van der Waals surface area contributed by atoms with E-state index in [2.05, 4.69) is 11.8 Å². The molecule has 0 unspecified atom stereocenters. The molecule has 0 spiro atoms. The molecular formula is C19H15F3N2O2. The Morgan fingerprint density at radius 2 is 1.77 bits per heavy atom. The highest BCUT2D eigenvalue weighted by Crippen LogP contribution is 2.37. The number of amides is 2. The van der Waals surface area contributed by atoms with Crippen molar-refractivity contribution in [1.82, 2.24) is 4.90 Å². The van der Waals surface area contributed by atoms with Crippen LogP contribution in [0.5, 0.6) is 0 Å². The van der Waals surface area contributed by atoms with E-state index >= 15 is 0 Å². The van der Waals surface area contributed by atoms with Crippen molar-refractivity contribution in [2.75, 3.05) is 13.6 Å². The lowest BCUT2D eigenvalue weighted by Gasteiger charge is -2.13. The fourth-order valence-electron chi connectivity index (χ4n) is 2.25. The molecule has 0 heterocycles. The predicted octanol–water partition coefficient (Wildman–Crippen LogP) is 2.67. The molecule has 0 aliphatic rings. The first-order chi connectivity index (χ1) is 12.2. The van der Waals surface area contributed by atoms with Crippen LogP contribution in [0.1, 0.15) is 11.1 Å². The molecule has 26 heavy (non-hydrogen) atoms. The van der Waals surface area contributed by atoms with Crippen LogP contribution in [0.2, 0.25) is 0 Å². The van der Waals surface area contributed by atoms with Gasteiger partial charge in [-0.15, -0.1) is 0 Å². The summed E-state index contributed by atoms with van der Waals surface area (Å²) < 4.78 is 40.2. The van der Waals surface area contributed by atoms with Crippen molar-refractivity contribution in [2.24, 2.45) is 5.73 Å². The first-order valence-corrected chi connectivity index (χ1v) is 7.50. The van der Waals surface area contributed by atoms with Crippen LogP contribution in [0.3, 0.4) is 0 Å². The maximum absolute atomic E-state index is 13.4. The molecule has 2 aromatic rings. The van der Waals surface area contributed by atoms with Gasteiger partial charge in [0.2, 0.25) is 5.91 Å². The van der Waals surface area contributed by atoms with Crippen molar-refractivity contribution < 1.29 is 22.8 Å². The van der Waals surface area contributed by atoms with E-state index in [4.69, 9.17) is 5.73 Å². The molecule has 2 aromatic carbocycles. The second kappa shape index (κ2) is 7.74. The molecule has 0 radical (unpaired) electrons. The van der Waals surface area contributed by atoms with Gasteiger partial charge in [0.25, 0.3) is 5.91 Å². The van der Waals surface area contributed by atoms with Crippen molar-refractivity contribution >= 4 is 11.8 Å². The fourth-order valence-corrected chi connectivity index (χ4v) is 2.25. The van der Waals surface area contributed by atoms with Gasteiger partial charge in [0, 0.05) is 18.5 Å². The van der Waals surface area contributed by atoms with E-state index in [1.807, 2.05) is 0 Å². The minimum atomic E-state index is -4.57. The highest BCUT2D eigenvalue weighted by atomic mass is 19.4. The fraction of sp³-hybridized carbons (Fsp3) is 0.158. The normalized spacial score (nSPS) is 10.6. The van der Waals surface area contributed by atoms with Crippen molar-refractivity contribution in [3.05, 3.63) is 59.7 Å². The van der Waals surface area contributed by atoms with Crippen molar-refractivity contribution in [1.29, 1.82) is 0 Å². The van der Waals surface area contributed by atoms with E-state index in [0.29, 0.717) is 5.56 Å². The number of nitrogens with two attached hydrogens (primary N) is 1. The van der Waals surface area contributed by atoms with Gasteiger partial charge in [-0.2, -0.15) is 13.2 Å². The average molecular weight is 360 g/mol. The zero-order chi connectivity index (χ0) is 19.3. The quantitative estimate of drug-likeness (QED) is 0.856. The number of nitrogens with zero attached hydrogens (tertiary/aromatic N) is 1. The molecule has 2 rings (SSSR count). The third-order valence-corrected chi connectivity index (χ3v) is 3.46. The third-order valence-electron chi connectivity index (χ3n) is 3.46. The smallest absolute Gasteiger partial charge is 0.368 e. The molecule has 2 N–H and O–H groups in total. The number of carbonyl (C=O) groups excluding carboxylic acids is 2. The molecule has 0 atom stereocenters. The highest BCUT2D eigenvalue weighted by molar-refractivity contribution is 5.96. The van der Waals surface area contributed by atoms with Gasteiger partial charge in [0.15, 0.2) is 0 Å². The standard InChI is InChI=1S/C19H15F3N2O2/c1-24(12-17(23)25)18(26)10-8-13-7-9-15(14-5-3-2-4-6-14)16(11-13)19(20,21)22/h2-7,9,11H,12H2,1H3,(H2,23,25). The largest absolute Gasteiger partial charge is 0.417 e. The summed E-state index contributed by atoms with van der Waals surface area (Å²) in [6.45, 7) is -0.325. The Hall–Kier alpha value is -3.27. The number of likely N-dealkylation sites (N-methyl/N-ethyl adjacent to an activating group) is 1. The second-order valence-electron chi connectivity index (χ2n) is 5.50. The number of hydrogen-bond acceptors (Lipinski definition) is 2. The summed E-state index contributed by atoms with van der Waals surface area (Å²) in [5, 5.41) is 0. The SMILES string of the molecule is CN(CC(N)=O)C(=O)C#Cc1ccc(-c2ccccc2)c(C(F)(F)F)c1. The average Bonchev–Trinajstić information content (AvgIpc) is 2.58. The molecule has 0 fully saturated rings. The maximum Gasteiger partial charge on any atom is 0.417 e. The lowest BCUT2D eigenvalue weighted by Crippen LogP contribution is -2.34. The van der Waals surface area contributed by atoms with Crippen LogP contribution in [0.25, 0.3) is 11.1 Å². The Morgan fingerprint density at radius 1 is 1.12 bits per heavy atom. The molecule has 2 amide bonds. The van der Waals surface area contributed by atoms with Crippen LogP contribution < -0.4 is 5.73 Å². The summed E-state index contributed by atoms with van der Waals surface area (Å²) in [4.78, 5) is 23.5. The van der Waals surface area contributed by atoms with Gasteiger partial charge in [0.1, 0.15) is 0 Å². The lowest BCUT2D eigenvalue weighted by molar-refractivity contribution is -0.137. The number of benzene rings is 2. The summed E-state index contributed by atoms with van der Waals surface area (Å²) in [5.74, 6) is 3.17. The molecule has 0 aromatic heterocycles. The zero-order valence-corrected chi connectivity index (χ0v) is 13.8. The highest BCUT2D eigenvalue weighted by Gasteiger charge is 2.33. The lowest BCUT2D eigenvalue weighted by atomic mass is 9.97. The Balaban J connectivity index is 2.38. The summed E-state index contributed by atoms with van der Waals surface area (Å²) in [6, 6.07) is 11.8. The van der Waals surface area contributed by atoms with Crippen molar-refractivity contribution in [3.63, 3.8) is 0 Å². The number of alkyl halides is 3. The van der Waals surface area contributed by atoms with Gasteiger partial charge in [-0.1, -0.05) is 42.3 Å². The molecular weight excluding hydrogens is 345 g/mol. The van der Waals surface area contributed by atoms with Crippen molar-refractivity contribution in [2.45, 2.75) is 6.18 Å². The van der Waals surface area contributed by atoms with Gasteiger partial charge in [-0.05, 0) is 23.3 Å². The van der Waals surface area contributed by atoms with E-state index in [9.17, 15) is 22.8 Å². The summed E-state index contributed by atoms with van der Waals surface area (Å²) >= 11 is 0. The first kappa shape index (κ1) is 19.1. The monoisotopic (exact) mass is 360 g/mol. The summed E-state index contributed by atoms with van der Waals surface area (Å²) in [6.07, 6.45) is -4.57. The van der Waals surface area contributed by atoms with Gasteiger partial charge in [-0.25, -0.2) is 0 Å². The molecule has 0 aliphatic heterocycles. The van der Waals surface area contributed by atoms with Crippen LogP contribution >= 0.6 is 0 Å². The van der Waals surface area contributed by atoms with E-state index in [1.165, 1.54) is 19.2 Å². The maximum atomic E-state index is 13.4. The molecule has 0 aliphatic carbocycles. The van der Waals surface area contributed by atoms with Crippen LogP contribution in [-0.2, 0) is 15.8 Å². The number of hydrogen-bond donors (Lipinski definition) is 1. The van der Waals surface area contributed by atoms with Crippen LogP contribution in [0.4, 0.5) is 13.2 Å². The Kier molecular flexibility index (Phi) is 5.68. The Morgan fingerprint density at radius 3 is 2.35 bits per heavy atom. The third kappa shape index (κ3) is 4.86. The molecule has 0 saturated carbocycles. The van der Waals surface area contributed by atoms with Crippen molar-refractivity contribution in [3.8, 4) is 23.0 Å². The van der Waals surface area contributed by atoms with Crippen LogP contribution in [-0.4, -0.2) is 30.3 Å². The van der Waals surface area contributed by atoms with E-state index in [0.717, 1.165) is 11.0 Å². The summed E-state index contributed by atoms with van der Waals surface area (Å²) in [7, 11) is 1.32. The summed E-state index contributed by atoms with van der Waals surface area (Å²) in [5.41, 5.74) is 4.63. The number of rotatable bonds is 3. The molecule has 134 valence electrons. The topological polar surface area (TPSA) is 63.4 Å². The first-order valence-electron chi connectivity index (χ1n) is 7.50. The molecule has 0 saturated heterocycles. The minimum absolute atomic E-state index is 0.0285. The van der Waals surface area contributed by atoms with Gasteiger partial charge in [0.05, 0.1) is 12.1 Å². The van der Waals surface area contributed by atoms with E-state index in [1.54, 1.807) is 30.3 Å². The zero-order valence-electron chi connectivity index (χ0n) is 13.8. The number of halogens is 3. The minimum Gasteiger partial charge on any atom is -0.368 e. The molecule has 4 nitrogen and oxygen atoms in total. The second-order valence-corrected chi connectivity index (χ2v) is 5.50. The predicted molar refractivity (Wildman–Crippen MR) is 90.6 cm³/mol. The van der Waals surface area contributed by atoms with Gasteiger partial charge < -0.3 is 10.6 Å². The van der Waals surface area contributed by atoms with Crippen LogP contribution in [0.15, 0.2) is 48.5 Å². The number of carbonyl (C=O) groups is 2. The van der Waals surface area contributed by atoms with Gasteiger partial charge >= 0.3 is 6.18 Å². The van der Waals surface area contributed by atoms with E-state index < -0.39 is 23.6 Å².